The molecule has 1 heterocycles. The molecule has 4 nitrogen and oxygen atoms in total. The minimum atomic E-state index is -0.358. The lowest BCUT2D eigenvalue weighted by Gasteiger charge is -2.39. The normalized spacial score (nSPS) is 23.3. The Bertz CT molecular complexity index is 216. The van der Waals surface area contributed by atoms with Gasteiger partial charge in [-0.2, -0.15) is 0 Å². The Hall–Kier alpha value is -0.610. The van der Waals surface area contributed by atoms with Crippen molar-refractivity contribution in [3.05, 3.63) is 0 Å². The molecule has 1 fully saturated rings. The molecule has 2 N–H and O–H groups in total. The lowest BCUT2D eigenvalue weighted by molar-refractivity contribution is -0.147. The van der Waals surface area contributed by atoms with E-state index in [1.165, 1.54) is 0 Å². The van der Waals surface area contributed by atoms with E-state index in [9.17, 15) is 4.79 Å². The molecule has 14 heavy (non-hydrogen) atoms. The van der Waals surface area contributed by atoms with Crippen LogP contribution in [0.15, 0.2) is 0 Å². The second-order valence-corrected chi connectivity index (χ2v) is 4.38. The molecule has 0 saturated carbocycles. The molecule has 1 aliphatic heterocycles. The lowest BCUT2D eigenvalue weighted by atomic mass is 10.1. The van der Waals surface area contributed by atoms with Crippen LogP contribution in [0.25, 0.3) is 0 Å². The number of morpholine rings is 1. The Labute approximate surface area is 85.4 Å². The fraction of sp³-hybridized carbons (Fsp3) is 0.900. The van der Waals surface area contributed by atoms with Crippen LogP contribution in [0.1, 0.15) is 27.2 Å². The van der Waals surface area contributed by atoms with Crippen LogP contribution in [0, 0.1) is 0 Å². The van der Waals surface area contributed by atoms with Crippen molar-refractivity contribution in [3.8, 4) is 0 Å². The van der Waals surface area contributed by atoms with Gasteiger partial charge in [0.25, 0.3) is 0 Å². The van der Waals surface area contributed by atoms with E-state index in [2.05, 4.69) is 0 Å². The number of amides is 1. The SMILES string of the molecule is CC[C@H](N)C(=O)N1CCOC(C)(C)C1. The smallest absolute Gasteiger partial charge is 0.239 e. The largest absolute Gasteiger partial charge is 0.372 e. The summed E-state index contributed by atoms with van der Waals surface area (Å²) in [6, 6.07) is -0.358. The summed E-state index contributed by atoms with van der Waals surface area (Å²) < 4.78 is 5.52. The average molecular weight is 200 g/mol. The van der Waals surface area contributed by atoms with Crippen molar-refractivity contribution in [3.63, 3.8) is 0 Å². The Morgan fingerprint density at radius 1 is 1.64 bits per heavy atom. The van der Waals surface area contributed by atoms with Crippen LogP contribution in [0.3, 0.4) is 0 Å². The van der Waals surface area contributed by atoms with Crippen molar-refractivity contribution in [2.75, 3.05) is 19.7 Å². The molecule has 0 aliphatic carbocycles. The molecule has 0 radical (unpaired) electrons. The molecule has 1 aliphatic rings. The number of carbonyl (C=O) groups excluding carboxylic acids is 1. The maximum absolute atomic E-state index is 11.8. The molecule has 1 amide bonds. The van der Waals surface area contributed by atoms with E-state index < -0.39 is 0 Å². The number of hydrogen-bond acceptors (Lipinski definition) is 3. The van der Waals surface area contributed by atoms with Crippen LogP contribution < -0.4 is 5.73 Å². The summed E-state index contributed by atoms with van der Waals surface area (Å²) in [6.07, 6.45) is 0.691. The Kier molecular flexibility index (Phi) is 3.50. The van der Waals surface area contributed by atoms with E-state index >= 15 is 0 Å². The van der Waals surface area contributed by atoms with Crippen LogP contribution in [0.5, 0.6) is 0 Å². The highest BCUT2D eigenvalue weighted by atomic mass is 16.5. The first-order chi connectivity index (χ1) is 6.46. The third-order valence-electron chi connectivity index (χ3n) is 2.49. The first kappa shape index (κ1) is 11.5. The van der Waals surface area contributed by atoms with Gasteiger partial charge in [0.15, 0.2) is 0 Å². The molecule has 0 aromatic heterocycles. The molecule has 0 spiro atoms. The number of nitrogens with two attached hydrogens (primary N) is 1. The summed E-state index contributed by atoms with van der Waals surface area (Å²) in [6.45, 7) is 7.81. The standard InChI is InChI=1S/C10H20N2O2/c1-4-8(11)9(13)12-5-6-14-10(2,3)7-12/h8H,4-7,11H2,1-3H3/t8-/m0/s1. The minimum absolute atomic E-state index is 0.0453. The molecule has 1 rings (SSSR count). The summed E-state index contributed by atoms with van der Waals surface area (Å²) in [5, 5.41) is 0. The molecule has 0 bridgehead atoms. The second kappa shape index (κ2) is 4.28. The zero-order chi connectivity index (χ0) is 10.8. The van der Waals surface area contributed by atoms with Gasteiger partial charge in [-0.1, -0.05) is 6.92 Å². The number of carbonyl (C=O) groups is 1. The van der Waals surface area contributed by atoms with E-state index in [0.717, 1.165) is 0 Å². The second-order valence-electron chi connectivity index (χ2n) is 4.38. The minimum Gasteiger partial charge on any atom is -0.372 e. The average Bonchev–Trinajstić information content (AvgIpc) is 2.14. The predicted molar refractivity (Wildman–Crippen MR) is 54.9 cm³/mol. The molecular formula is C10H20N2O2. The van der Waals surface area contributed by atoms with Gasteiger partial charge in [-0.3, -0.25) is 4.79 Å². The first-order valence-electron chi connectivity index (χ1n) is 5.14. The van der Waals surface area contributed by atoms with Crippen LogP contribution in [-0.4, -0.2) is 42.1 Å². The first-order valence-corrected chi connectivity index (χ1v) is 5.14. The van der Waals surface area contributed by atoms with Gasteiger partial charge in [0.1, 0.15) is 0 Å². The number of rotatable bonds is 2. The van der Waals surface area contributed by atoms with Gasteiger partial charge < -0.3 is 15.4 Å². The highest BCUT2D eigenvalue weighted by molar-refractivity contribution is 5.81. The number of hydrogen-bond donors (Lipinski definition) is 1. The Morgan fingerprint density at radius 3 is 2.79 bits per heavy atom. The monoisotopic (exact) mass is 200 g/mol. The Balaban J connectivity index is 2.56. The van der Waals surface area contributed by atoms with Crippen molar-refractivity contribution >= 4 is 5.91 Å². The van der Waals surface area contributed by atoms with Gasteiger partial charge in [-0.15, -0.1) is 0 Å². The molecule has 0 aromatic rings. The third-order valence-corrected chi connectivity index (χ3v) is 2.49. The Morgan fingerprint density at radius 2 is 2.29 bits per heavy atom. The van der Waals surface area contributed by atoms with E-state index in [-0.39, 0.29) is 17.6 Å². The molecular weight excluding hydrogens is 180 g/mol. The van der Waals surface area contributed by atoms with E-state index in [1.807, 2.05) is 20.8 Å². The van der Waals surface area contributed by atoms with Gasteiger partial charge in [-0.05, 0) is 20.3 Å². The zero-order valence-electron chi connectivity index (χ0n) is 9.25. The fourth-order valence-corrected chi connectivity index (χ4v) is 1.61. The van der Waals surface area contributed by atoms with Gasteiger partial charge >= 0.3 is 0 Å². The fourth-order valence-electron chi connectivity index (χ4n) is 1.61. The van der Waals surface area contributed by atoms with Gasteiger partial charge in [0, 0.05) is 13.1 Å². The number of nitrogens with zero attached hydrogens (tertiary/aromatic N) is 1. The molecule has 0 aromatic carbocycles. The highest BCUT2D eigenvalue weighted by Crippen LogP contribution is 2.17. The van der Waals surface area contributed by atoms with Gasteiger partial charge in [0.2, 0.25) is 5.91 Å². The van der Waals surface area contributed by atoms with Crippen LogP contribution in [0.4, 0.5) is 0 Å². The van der Waals surface area contributed by atoms with E-state index in [4.69, 9.17) is 10.5 Å². The molecule has 4 heteroatoms. The third kappa shape index (κ3) is 2.69. The van der Waals surface area contributed by atoms with Crippen molar-refractivity contribution < 1.29 is 9.53 Å². The highest BCUT2D eigenvalue weighted by Gasteiger charge is 2.31. The van der Waals surface area contributed by atoms with E-state index in [0.29, 0.717) is 26.1 Å². The zero-order valence-corrected chi connectivity index (χ0v) is 9.25. The van der Waals surface area contributed by atoms with Crippen molar-refractivity contribution in [1.29, 1.82) is 0 Å². The molecule has 0 unspecified atom stereocenters. The van der Waals surface area contributed by atoms with Crippen LogP contribution >= 0.6 is 0 Å². The van der Waals surface area contributed by atoms with Crippen molar-refractivity contribution in [1.82, 2.24) is 4.90 Å². The van der Waals surface area contributed by atoms with Gasteiger partial charge in [0.05, 0.1) is 18.2 Å². The molecule has 82 valence electrons. The van der Waals surface area contributed by atoms with Gasteiger partial charge in [-0.25, -0.2) is 0 Å². The molecule has 1 saturated heterocycles. The maximum Gasteiger partial charge on any atom is 0.239 e. The van der Waals surface area contributed by atoms with Crippen molar-refractivity contribution in [2.24, 2.45) is 5.73 Å². The number of ether oxygens (including phenoxy) is 1. The lowest BCUT2D eigenvalue weighted by Crippen LogP contribution is -2.54. The van der Waals surface area contributed by atoms with Crippen LogP contribution in [0.2, 0.25) is 0 Å². The quantitative estimate of drug-likeness (QED) is 0.700. The summed E-state index contributed by atoms with van der Waals surface area (Å²) in [4.78, 5) is 13.6. The van der Waals surface area contributed by atoms with Crippen molar-refractivity contribution in [2.45, 2.75) is 38.8 Å². The summed E-state index contributed by atoms with van der Waals surface area (Å²) in [5.41, 5.74) is 5.47. The summed E-state index contributed by atoms with van der Waals surface area (Å²) in [7, 11) is 0. The topological polar surface area (TPSA) is 55.6 Å². The maximum atomic E-state index is 11.8. The predicted octanol–water partition coefficient (Wildman–Crippen LogP) is 0.361. The van der Waals surface area contributed by atoms with E-state index in [1.54, 1.807) is 4.90 Å². The van der Waals surface area contributed by atoms with Crippen LogP contribution in [-0.2, 0) is 9.53 Å². The summed E-state index contributed by atoms with van der Waals surface area (Å²) >= 11 is 0. The summed E-state index contributed by atoms with van der Waals surface area (Å²) in [5.74, 6) is 0.0453. The molecule has 1 atom stereocenters.